The molecular weight excluding hydrogens is 641 g/mol. The molecule has 53 heavy (non-hydrogen) atoms. The molecule has 0 spiro atoms. The zero-order valence-corrected chi connectivity index (χ0v) is 29.7. The first-order valence-corrected chi connectivity index (χ1v) is 18.3. The lowest BCUT2D eigenvalue weighted by Crippen LogP contribution is -2.14. The van der Waals surface area contributed by atoms with Gasteiger partial charge in [0.05, 0.1) is 11.4 Å². The Bertz CT molecular complexity index is 2790. The summed E-state index contributed by atoms with van der Waals surface area (Å²) < 4.78 is 0. The highest BCUT2D eigenvalue weighted by molar-refractivity contribution is 6.08. The molecule has 1 aliphatic carbocycles. The maximum absolute atomic E-state index is 5.18. The Morgan fingerprint density at radius 1 is 0.358 bits per heavy atom. The lowest BCUT2D eigenvalue weighted by atomic mass is 9.81. The fourth-order valence-corrected chi connectivity index (χ4v) is 8.48. The van der Waals surface area contributed by atoms with Crippen molar-refractivity contribution >= 4 is 21.5 Å². The van der Waals surface area contributed by atoms with Crippen LogP contribution < -0.4 is 0 Å². The largest absolute Gasteiger partial charge is 0.228 e. The van der Waals surface area contributed by atoms with Crippen LogP contribution in [0.1, 0.15) is 25.0 Å². The molecule has 9 aromatic rings. The summed E-state index contributed by atoms with van der Waals surface area (Å²) in [6, 6.07) is 65.4. The molecule has 0 atom stereocenters. The van der Waals surface area contributed by atoms with E-state index in [0.29, 0.717) is 0 Å². The van der Waals surface area contributed by atoms with Crippen LogP contribution in [0.25, 0.3) is 88.8 Å². The van der Waals surface area contributed by atoms with Crippen molar-refractivity contribution < 1.29 is 0 Å². The molecule has 10 rings (SSSR count). The van der Waals surface area contributed by atoms with Crippen molar-refractivity contribution in [2.24, 2.45) is 0 Å². The molecule has 2 heteroatoms. The third-order valence-electron chi connectivity index (χ3n) is 11.1. The average Bonchev–Trinajstić information content (AvgIpc) is 3.47. The quantitative estimate of drug-likeness (QED) is 0.181. The van der Waals surface area contributed by atoms with E-state index in [1.807, 2.05) is 24.3 Å². The monoisotopic (exact) mass is 676 g/mol. The van der Waals surface area contributed by atoms with Gasteiger partial charge in [0, 0.05) is 22.1 Å². The number of rotatable bonds is 5. The van der Waals surface area contributed by atoms with E-state index in [-0.39, 0.29) is 5.41 Å². The summed E-state index contributed by atoms with van der Waals surface area (Å²) in [5, 5.41) is 4.95. The van der Waals surface area contributed by atoms with E-state index in [1.54, 1.807) is 0 Å². The summed E-state index contributed by atoms with van der Waals surface area (Å²) in [6.07, 6.45) is 0. The number of benzene rings is 8. The maximum Gasteiger partial charge on any atom is 0.160 e. The Morgan fingerprint density at radius 3 is 1.70 bits per heavy atom. The predicted octanol–water partition coefficient (Wildman–Crippen LogP) is 13.4. The van der Waals surface area contributed by atoms with Crippen molar-refractivity contribution in [2.75, 3.05) is 0 Å². The number of hydrogen-bond acceptors (Lipinski definition) is 2. The van der Waals surface area contributed by atoms with E-state index < -0.39 is 0 Å². The highest BCUT2D eigenvalue weighted by Crippen LogP contribution is 2.54. The maximum atomic E-state index is 5.18. The van der Waals surface area contributed by atoms with E-state index in [0.717, 1.165) is 39.3 Å². The fraction of sp³-hybridized carbons (Fsp3) is 0.0588. The van der Waals surface area contributed by atoms with E-state index in [9.17, 15) is 0 Å². The van der Waals surface area contributed by atoms with Gasteiger partial charge in [-0.15, -0.1) is 0 Å². The normalized spacial score (nSPS) is 12.9. The van der Waals surface area contributed by atoms with Gasteiger partial charge in [-0.05, 0) is 78.2 Å². The minimum Gasteiger partial charge on any atom is -0.228 e. The van der Waals surface area contributed by atoms with Gasteiger partial charge >= 0.3 is 0 Å². The van der Waals surface area contributed by atoms with Crippen LogP contribution >= 0.6 is 0 Å². The van der Waals surface area contributed by atoms with Crippen LogP contribution in [0.3, 0.4) is 0 Å². The molecule has 0 radical (unpaired) electrons. The second-order valence-corrected chi connectivity index (χ2v) is 14.5. The highest BCUT2D eigenvalue weighted by Gasteiger charge is 2.37. The van der Waals surface area contributed by atoms with Gasteiger partial charge in [0.25, 0.3) is 0 Å². The van der Waals surface area contributed by atoms with Crippen LogP contribution in [-0.4, -0.2) is 9.97 Å². The average molecular weight is 677 g/mol. The van der Waals surface area contributed by atoms with E-state index in [4.69, 9.17) is 9.97 Å². The number of hydrogen-bond donors (Lipinski definition) is 0. The van der Waals surface area contributed by atoms with E-state index >= 15 is 0 Å². The summed E-state index contributed by atoms with van der Waals surface area (Å²) in [5.74, 6) is 0.718. The summed E-state index contributed by atoms with van der Waals surface area (Å²) in [7, 11) is 0. The number of aromatic nitrogens is 2. The summed E-state index contributed by atoms with van der Waals surface area (Å²) in [6.45, 7) is 4.73. The standard InChI is InChI=1S/C51H36N2/c1-51(2)44-26-14-25-40(49(44)48-39-22-10-9-15-33(39)27-30-45(48)51)37-21-13-20-36(31-37)38-28-29-43(42-24-12-11-23-41(38)42)47-32-46(34-16-5-3-6-17-34)52-50(53-47)35-18-7-4-8-19-35/h3-32H,1-2H3. The first-order valence-electron chi connectivity index (χ1n) is 18.3. The molecular formula is C51H36N2. The van der Waals surface area contributed by atoms with Gasteiger partial charge < -0.3 is 0 Å². The zero-order valence-electron chi connectivity index (χ0n) is 29.7. The second-order valence-electron chi connectivity index (χ2n) is 14.5. The number of nitrogens with zero attached hydrogens (tertiary/aromatic N) is 2. The van der Waals surface area contributed by atoms with E-state index in [1.165, 1.54) is 60.7 Å². The van der Waals surface area contributed by atoms with Crippen LogP contribution in [0.2, 0.25) is 0 Å². The molecule has 8 aromatic carbocycles. The Morgan fingerprint density at radius 2 is 0.925 bits per heavy atom. The molecule has 0 N–H and O–H groups in total. The molecule has 0 saturated heterocycles. The molecule has 1 aromatic heterocycles. The summed E-state index contributed by atoms with van der Waals surface area (Å²) >= 11 is 0. The molecule has 1 aliphatic rings. The Labute approximate surface area is 310 Å². The van der Waals surface area contributed by atoms with Crippen LogP contribution in [-0.2, 0) is 5.41 Å². The van der Waals surface area contributed by atoms with Crippen molar-refractivity contribution in [1.82, 2.24) is 9.97 Å². The number of fused-ring (bicyclic) bond motifs is 6. The minimum atomic E-state index is -0.0872. The molecule has 1 heterocycles. The van der Waals surface area contributed by atoms with Gasteiger partial charge in [0.1, 0.15) is 0 Å². The SMILES string of the molecule is CC1(C)c2cccc(-c3cccc(-c4ccc(-c5cc(-c6ccccc6)nc(-c6ccccc6)n5)c5ccccc45)c3)c2-c2c1ccc1ccccc21. The summed E-state index contributed by atoms with van der Waals surface area (Å²) in [5.41, 5.74) is 15.3. The predicted molar refractivity (Wildman–Crippen MR) is 222 cm³/mol. The third kappa shape index (κ3) is 5.10. The first kappa shape index (κ1) is 31.1. The van der Waals surface area contributed by atoms with Gasteiger partial charge in [-0.1, -0.05) is 184 Å². The van der Waals surface area contributed by atoms with Gasteiger partial charge in [0.15, 0.2) is 5.82 Å². The lowest BCUT2D eigenvalue weighted by Gasteiger charge is -2.21. The topological polar surface area (TPSA) is 25.8 Å². The lowest BCUT2D eigenvalue weighted by molar-refractivity contribution is 0.661. The fourth-order valence-electron chi connectivity index (χ4n) is 8.48. The third-order valence-corrected chi connectivity index (χ3v) is 11.1. The Balaban J connectivity index is 1.13. The zero-order chi connectivity index (χ0) is 35.5. The van der Waals surface area contributed by atoms with Crippen molar-refractivity contribution in [1.29, 1.82) is 0 Å². The molecule has 250 valence electrons. The molecule has 0 amide bonds. The van der Waals surface area contributed by atoms with Crippen LogP contribution in [0, 0.1) is 0 Å². The smallest absolute Gasteiger partial charge is 0.160 e. The van der Waals surface area contributed by atoms with Crippen LogP contribution in [0.15, 0.2) is 182 Å². The molecule has 0 aliphatic heterocycles. The van der Waals surface area contributed by atoms with Gasteiger partial charge in [-0.2, -0.15) is 0 Å². The van der Waals surface area contributed by atoms with Crippen LogP contribution in [0.5, 0.6) is 0 Å². The molecule has 0 unspecified atom stereocenters. The van der Waals surface area contributed by atoms with E-state index in [2.05, 4.69) is 172 Å². The molecule has 0 saturated carbocycles. The molecule has 2 nitrogen and oxygen atoms in total. The molecule has 0 bridgehead atoms. The Kier molecular flexibility index (Phi) is 7.19. The van der Waals surface area contributed by atoms with Crippen molar-refractivity contribution in [3.63, 3.8) is 0 Å². The van der Waals surface area contributed by atoms with Crippen molar-refractivity contribution in [2.45, 2.75) is 19.3 Å². The van der Waals surface area contributed by atoms with Gasteiger partial charge in [0.2, 0.25) is 0 Å². The van der Waals surface area contributed by atoms with Crippen LogP contribution in [0.4, 0.5) is 0 Å². The Hall–Kier alpha value is -6.64. The summed E-state index contributed by atoms with van der Waals surface area (Å²) in [4.78, 5) is 10.2. The van der Waals surface area contributed by atoms with Crippen molar-refractivity contribution in [3.05, 3.63) is 193 Å². The van der Waals surface area contributed by atoms with Crippen molar-refractivity contribution in [3.8, 4) is 67.3 Å². The van der Waals surface area contributed by atoms with Gasteiger partial charge in [-0.25, -0.2) is 9.97 Å². The first-order chi connectivity index (χ1) is 26.0. The molecule has 0 fully saturated rings. The van der Waals surface area contributed by atoms with Gasteiger partial charge in [-0.3, -0.25) is 0 Å². The minimum absolute atomic E-state index is 0.0872. The second kappa shape index (κ2) is 12.3. The highest BCUT2D eigenvalue weighted by atomic mass is 14.9.